The van der Waals surface area contributed by atoms with E-state index in [1.807, 2.05) is 11.6 Å². The zero-order valence-corrected chi connectivity index (χ0v) is 8.31. The standard InChI is InChI=1S/C9H15N3O2/c1-7-9(6-13)10-11-12(7)5-8-3-2-4-14-8/h8,13H,2-6H2,1H3. The van der Waals surface area contributed by atoms with Gasteiger partial charge < -0.3 is 9.84 Å². The maximum atomic E-state index is 8.95. The summed E-state index contributed by atoms with van der Waals surface area (Å²) >= 11 is 0. The topological polar surface area (TPSA) is 60.2 Å². The summed E-state index contributed by atoms with van der Waals surface area (Å²) in [5.41, 5.74) is 1.59. The Labute approximate surface area is 82.7 Å². The van der Waals surface area contributed by atoms with Gasteiger partial charge in [-0.3, -0.25) is 0 Å². The van der Waals surface area contributed by atoms with E-state index in [-0.39, 0.29) is 12.7 Å². The minimum atomic E-state index is -0.0443. The van der Waals surface area contributed by atoms with E-state index in [9.17, 15) is 0 Å². The molecule has 0 spiro atoms. The third kappa shape index (κ3) is 1.78. The average Bonchev–Trinajstić information content (AvgIpc) is 2.79. The van der Waals surface area contributed by atoms with Crippen molar-refractivity contribution in [2.24, 2.45) is 0 Å². The molecule has 1 aliphatic heterocycles. The first kappa shape index (κ1) is 9.61. The monoisotopic (exact) mass is 197 g/mol. The summed E-state index contributed by atoms with van der Waals surface area (Å²) in [5, 5.41) is 16.8. The lowest BCUT2D eigenvalue weighted by Gasteiger charge is -2.09. The van der Waals surface area contributed by atoms with Crippen molar-refractivity contribution in [3.8, 4) is 0 Å². The minimum Gasteiger partial charge on any atom is -0.390 e. The second-order valence-electron chi connectivity index (χ2n) is 3.60. The Kier molecular flexibility index (Phi) is 2.79. The summed E-state index contributed by atoms with van der Waals surface area (Å²) in [5.74, 6) is 0. The number of aliphatic hydroxyl groups is 1. The van der Waals surface area contributed by atoms with Crippen LogP contribution in [0.3, 0.4) is 0 Å². The van der Waals surface area contributed by atoms with Crippen molar-refractivity contribution >= 4 is 0 Å². The second kappa shape index (κ2) is 4.06. The Balaban J connectivity index is 2.04. The average molecular weight is 197 g/mol. The van der Waals surface area contributed by atoms with E-state index in [1.165, 1.54) is 0 Å². The van der Waals surface area contributed by atoms with Crippen molar-refractivity contribution in [2.75, 3.05) is 6.61 Å². The van der Waals surface area contributed by atoms with Gasteiger partial charge in [-0.2, -0.15) is 0 Å². The molecule has 0 aromatic carbocycles. The number of hydrogen-bond acceptors (Lipinski definition) is 4. The summed E-state index contributed by atoms with van der Waals surface area (Å²) in [7, 11) is 0. The highest BCUT2D eigenvalue weighted by Crippen LogP contribution is 2.15. The number of rotatable bonds is 3. The molecular weight excluding hydrogens is 182 g/mol. The molecule has 1 aromatic rings. The first-order chi connectivity index (χ1) is 6.81. The van der Waals surface area contributed by atoms with Crippen LogP contribution in [0, 0.1) is 6.92 Å². The zero-order chi connectivity index (χ0) is 9.97. The summed E-state index contributed by atoms with van der Waals surface area (Å²) in [6.45, 7) is 3.47. The molecule has 5 heteroatoms. The Morgan fingerprint density at radius 2 is 2.50 bits per heavy atom. The van der Waals surface area contributed by atoms with Gasteiger partial charge >= 0.3 is 0 Å². The van der Waals surface area contributed by atoms with Crippen LogP contribution < -0.4 is 0 Å². The SMILES string of the molecule is Cc1c(CO)nnn1CC1CCCO1. The third-order valence-electron chi connectivity index (χ3n) is 2.63. The van der Waals surface area contributed by atoms with Gasteiger partial charge in [0.2, 0.25) is 0 Å². The number of ether oxygens (including phenoxy) is 1. The fourth-order valence-corrected chi connectivity index (χ4v) is 1.70. The molecule has 5 nitrogen and oxygen atoms in total. The second-order valence-corrected chi connectivity index (χ2v) is 3.60. The molecule has 1 unspecified atom stereocenters. The predicted octanol–water partition coefficient (Wildman–Crippen LogP) is 0.258. The van der Waals surface area contributed by atoms with Crippen molar-refractivity contribution in [1.82, 2.24) is 15.0 Å². The van der Waals surface area contributed by atoms with Gasteiger partial charge in [-0.15, -0.1) is 5.10 Å². The lowest BCUT2D eigenvalue weighted by atomic mass is 10.2. The van der Waals surface area contributed by atoms with Crippen LogP contribution in [-0.4, -0.2) is 32.8 Å². The lowest BCUT2D eigenvalue weighted by Crippen LogP contribution is -2.17. The fourth-order valence-electron chi connectivity index (χ4n) is 1.70. The molecule has 78 valence electrons. The molecule has 1 fully saturated rings. The Morgan fingerprint density at radius 1 is 1.64 bits per heavy atom. The number of aromatic nitrogens is 3. The fraction of sp³-hybridized carbons (Fsp3) is 0.778. The van der Waals surface area contributed by atoms with Crippen LogP contribution >= 0.6 is 0 Å². The summed E-state index contributed by atoms with van der Waals surface area (Å²) in [6, 6.07) is 0. The molecule has 14 heavy (non-hydrogen) atoms. The van der Waals surface area contributed by atoms with Crippen LogP contribution in [0.15, 0.2) is 0 Å². The van der Waals surface area contributed by atoms with Gasteiger partial charge in [0.1, 0.15) is 5.69 Å². The van der Waals surface area contributed by atoms with Crippen molar-refractivity contribution in [2.45, 2.75) is 39.0 Å². The molecule has 2 heterocycles. The molecule has 1 aromatic heterocycles. The molecule has 0 amide bonds. The molecule has 0 aliphatic carbocycles. The molecule has 2 rings (SSSR count). The maximum Gasteiger partial charge on any atom is 0.111 e. The van der Waals surface area contributed by atoms with Gasteiger partial charge in [0.15, 0.2) is 0 Å². The highest BCUT2D eigenvalue weighted by molar-refractivity contribution is 5.06. The van der Waals surface area contributed by atoms with E-state index >= 15 is 0 Å². The number of hydrogen-bond donors (Lipinski definition) is 1. The van der Waals surface area contributed by atoms with Crippen molar-refractivity contribution < 1.29 is 9.84 Å². The molecule has 1 saturated heterocycles. The van der Waals surface area contributed by atoms with Gasteiger partial charge in [0.25, 0.3) is 0 Å². The Hall–Kier alpha value is -0.940. The highest BCUT2D eigenvalue weighted by atomic mass is 16.5. The summed E-state index contributed by atoms with van der Waals surface area (Å²) in [6.07, 6.45) is 2.49. The van der Waals surface area contributed by atoms with Gasteiger partial charge in [-0.05, 0) is 19.8 Å². The van der Waals surface area contributed by atoms with Gasteiger partial charge in [0, 0.05) is 6.61 Å². The summed E-state index contributed by atoms with van der Waals surface area (Å²) in [4.78, 5) is 0. The molecule has 1 N–H and O–H groups in total. The molecule has 0 bridgehead atoms. The highest BCUT2D eigenvalue weighted by Gasteiger charge is 2.18. The molecular formula is C9H15N3O2. The van der Waals surface area contributed by atoms with Crippen molar-refractivity contribution in [3.05, 3.63) is 11.4 Å². The smallest absolute Gasteiger partial charge is 0.111 e. The molecule has 1 atom stereocenters. The summed E-state index contributed by atoms with van der Waals surface area (Å²) < 4.78 is 7.31. The third-order valence-corrected chi connectivity index (χ3v) is 2.63. The number of aliphatic hydroxyl groups excluding tert-OH is 1. The van der Waals surface area contributed by atoms with E-state index < -0.39 is 0 Å². The quantitative estimate of drug-likeness (QED) is 0.755. The van der Waals surface area contributed by atoms with Crippen LogP contribution in [0.1, 0.15) is 24.2 Å². The van der Waals surface area contributed by atoms with E-state index in [1.54, 1.807) is 0 Å². The van der Waals surface area contributed by atoms with E-state index in [4.69, 9.17) is 9.84 Å². The van der Waals surface area contributed by atoms with E-state index in [0.29, 0.717) is 5.69 Å². The van der Waals surface area contributed by atoms with E-state index in [2.05, 4.69) is 10.3 Å². The van der Waals surface area contributed by atoms with Gasteiger partial charge in [0.05, 0.1) is 24.9 Å². The van der Waals surface area contributed by atoms with Crippen LogP contribution in [0.4, 0.5) is 0 Å². The lowest BCUT2D eigenvalue weighted by molar-refractivity contribution is 0.0929. The predicted molar refractivity (Wildman–Crippen MR) is 49.7 cm³/mol. The minimum absolute atomic E-state index is 0.0443. The maximum absolute atomic E-state index is 8.95. The normalized spacial score (nSPS) is 21.7. The van der Waals surface area contributed by atoms with Gasteiger partial charge in [-0.1, -0.05) is 5.21 Å². The molecule has 0 saturated carbocycles. The van der Waals surface area contributed by atoms with Gasteiger partial charge in [-0.25, -0.2) is 4.68 Å². The van der Waals surface area contributed by atoms with Crippen LogP contribution in [0.2, 0.25) is 0 Å². The number of nitrogens with zero attached hydrogens (tertiary/aromatic N) is 3. The Bertz CT molecular complexity index is 305. The van der Waals surface area contributed by atoms with Crippen molar-refractivity contribution in [1.29, 1.82) is 0 Å². The largest absolute Gasteiger partial charge is 0.390 e. The Morgan fingerprint density at radius 3 is 3.07 bits per heavy atom. The van der Waals surface area contributed by atoms with Crippen LogP contribution in [0.5, 0.6) is 0 Å². The molecule has 0 radical (unpaired) electrons. The van der Waals surface area contributed by atoms with Crippen LogP contribution in [-0.2, 0) is 17.9 Å². The van der Waals surface area contributed by atoms with Crippen LogP contribution in [0.25, 0.3) is 0 Å². The molecule has 1 aliphatic rings. The first-order valence-corrected chi connectivity index (χ1v) is 4.92. The van der Waals surface area contributed by atoms with E-state index in [0.717, 1.165) is 31.7 Å². The zero-order valence-electron chi connectivity index (χ0n) is 8.31. The first-order valence-electron chi connectivity index (χ1n) is 4.92. The van der Waals surface area contributed by atoms with Crippen molar-refractivity contribution in [3.63, 3.8) is 0 Å².